The molecule has 0 radical (unpaired) electrons. The van der Waals surface area contributed by atoms with E-state index in [9.17, 15) is 15.0 Å². The first-order chi connectivity index (χ1) is 15.8. The van der Waals surface area contributed by atoms with E-state index in [-0.39, 0.29) is 17.8 Å². The molecule has 2 saturated carbocycles. The Bertz CT molecular complexity index is 991. The summed E-state index contributed by atoms with van der Waals surface area (Å²) in [5.74, 6) is 1.72. The zero-order valence-electron chi connectivity index (χ0n) is 20.4. The molecule has 2 N–H and O–H groups in total. The molecule has 4 nitrogen and oxygen atoms in total. The van der Waals surface area contributed by atoms with Gasteiger partial charge in [-0.05, 0) is 115 Å². The molecule has 0 aromatic heterocycles. The Labute approximate surface area is 198 Å². The van der Waals surface area contributed by atoms with Crippen LogP contribution in [-0.4, -0.2) is 36.7 Å². The van der Waals surface area contributed by atoms with Crippen LogP contribution >= 0.6 is 0 Å². The minimum Gasteiger partial charge on any atom is -0.396 e. The third-order valence-corrected chi connectivity index (χ3v) is 9.51. The lowest BCUT2D eigenvalue weighted by Gasteiger charge is -2.56. The normalized spacial score (nSPS) is 35.6. The number of allylic oxidation sites excluding steroid dienone is 3. The van der Waals surface area contributed by atoms with Crippen molar-refractivity contribution in [2.75, 3.05) is 25.6 Å². The molecule has 0 aliphatic heterocycles. The van der Waals surface area contributed by atoms with Gasteiger partial charge in [-0.3, -0.25) is 4.79 Å². The molecule has 0 unspecified atom stereocenters. The number of fused-ring (bicyclic) bond motifs is 4. The molecule has 5 atom stereocenters. The predicted octanol–water partition coefficient (Wildman–Crippen LogP) is 5.14. The van der Waals surface area contributed by atoms with Crippen molar-refractivity contribution in [2.45, 2.75) is 70.3 Å². The maximum Gasteiger partial charge on any atom is 0.156 e. The monoisotopic (exact) mass is 449 g/mol. The molecule has 0 spiro atoms. The molecule has 0 saturated heterocycles. The Hall–Kier alpha value is -1.91. The van der Waals surface area contributed by atoms with E-state index in [1.165, 1.54) is 29.6 Å². The SMILES string of the molecule is CN(C)c1ccc([C@@]2(O)C[C@@]3(C)[C@@H](CCCO)CC[C@H]3[C@@H]3CCC4=CC(=O)CCC4=C32)cc1. The standard InChI is InChI=1S/C29H39NO3/c1-28-18-29(33,21-7-10-22(11-8-21)30(2)3)27-24-14-12-23(32)17-19(24)6-13-25(27)26(28)15-9-20(28)5-4-16-31/h7-8,10-11,17,20,25-26,31,33H,4-6,9,12-16,18H2,1-3H3/t20-,25-,26-,28-,29-/m0/s1. The summed E-state index contributed by atoms with van der Waals surface area (Å²) in [5, 5.41) is 22.2. The number of carbonyl (C=O) groups is 1. The molecular formula is C29H39NO3. The lowest BCUT2D eigenvalue weighted by atomic mass is 9.50. The first-order valence-corrected chi connectivity index (χ1v) is 12.9. The van der Waals surface area contributed by atoms with Gasteiger partial charge >= 0.3 is 0 Å². The summed E-state index contributed by atoms with van der Waals surface area (Å²) in [7, 11) is 4.08. The van der Waals surface area contributed by atoms with Crippen molar-refractivity contribution < 1.29 is 15.0 Å². The van der Waals surface area contributed by atoms with Gasteiger partial charge in [0, 0.05) is 32.8 Å². The number of carbonyl (C=O) groups excluding carboxylic acids is 1. The molecule has 0 heterocycles. The fourth-order valence-electron chi connectivity index (χ4n) is 7.96. The second-order valence-corrected chi connectivity index (χ2v) is 11.4. The first kappa shape index (κ1) is 22.9. The molecule has 2 fully saturated rings. The Morgan fingerprint density at radius 3 is 2.52 bits per heavy atom. The number of anilines is 1. The van der Waals surface area contributed by atoms with Gasteiger partial charge in [0.25, 0.3) is 0 Å². The second kappa shape index (κ2) is 8.39. The van der Waals surface area contributed by atoms with E-state index >= 15 is 0 Å². The van der Waals surface area contributed by atoms with Crippen molar-refractivity contribution in [3.8, 4) is 0 Å². The largest absolute Gasteiger partial charge is 0.396 e. The van der Waals surface area contributed by atoms with Crippen LogP contribution in [-0.2, 0) is 10.4 Å². The topological polar surface area (TPSA) is 60.8 Å². The molecule has 0 bridgehead atoms. The molecule has 33 heavy (non-hydrogen) atoms. The quantitative estimate of drug-likeness (QED) is 0.653. The predicted molar refractivity (Wildman–Crippen MR) is 132 cm³/mol. The van der Waals surface area contributed by atoms with E-state index in [4.69, 9.17) is 0 Å². The van der Waals surface area contributed by atoms with E-state index in [0.29, 0.717) is 24.2 Å². The van der Waals surface area contributed by atoms with E-state index in [1.807, 2.05) is 20.2 Å². The summed E-state index contributed by atoms with van der Waals surface area (Å²) in [5.41, 5.74) is 4.87. The lowest BCUT2D eigenvalue weighted by Crippen LogP contribution is -2.51. The Morgan fingerprint density at radius 2 is 1.82 bits per heavy atom. The minimum atomic E-state index is -1.00. The molecule has 1 aromatic rings. The van der Waals surface area contributed by atoms with E-state index in [2.05, 4.69) is 36.1 Å². The van der Waals surface area contributed by atoms with Crippen LogP contribution in [0.15, 0.2) is 47.1 Å². The van der Waals surface area contributed by atoms with Gasteiger partial charge < -0.3 is 15.1 Å². The molecule has 1 aromatic carbocycles. The first-order valence-electron chi connectivity index (χ1n) is 12.9. The van der Waals surface area contributed by atoms with Crippen LogP contribution in [0.5, 0.6) is 0 Å². The van der Waals surface area contributed by atoms with Gasteiger partial charge in [-0.1, -0.05) is 19.1 Å². The van der Waals surface area contributed by atoms with Gasteiger partial charge in [-0.15, -0.1) is 0 Å². The highest BCUT2D eigenvalue weighted by Crippen LogP contribution is 2.67. The van der Waals surface area contributed by atoms with Gasteiger partial charge in [-0.2, -0.15) is 0 Å². The third-order valence-electron chi connectivity index (χ3n) is 9.51. The summed E-state index contributed by atoms with van der Waals surface area (Å²) in [4.78, 5) is 14.3. The molecule has 4 aliphatic carbocycles. The lowest BCUT2D eigenvalue weighted by molar-refractivity contribution is -0.115. The summed E-state index contributed by atoms with van der Waals surface area (Å²) < 4.78 is 0. The van der Waals surface area contributed by atoms with E-state index in [1.54, 1.807) is 0 Å². The van der Waals surface area contributed by atoms with Crippen molar-refractivity contribution in [2.24, 2.45) is 23.2 Å². The van der Waals surface area contributed by atoms with Crippen LogP contribution in [0.4, 0.5) is 5.69 Å². The zero-order chi connectivity index (χ0) is 23.4. The van der Waals surface area contributed by atoms with Crippen LogP contribution in [0.2, 0.25) is 0 Å². The smallest absolute Gasteiger partial charge is 0.156 e. The highest BCUT2D eigenvalue weighted by atomic mass is 16.3. The number of aliphatic hydroxyl groups is 2. The van der Waals surface area contributed by atoms with Crippen LogP contribution in [0.1, 0.15) is 70.3 Å². The van der Waals surface area contributed by atoms with Crippen LogP contribution in [0.3, 0.4) is 0 Å². The molecule has 4 heteroatoms. The third kappa shape index (κ3) is 3.61. The fourth-order valence-corrected chi connectivity index (χ4v) is 7.96. The maximum absolute atomic E-state index is 12.7. The van der Waals surface area contributed by atoms with Crippen molar-refractivity contribution in [3.05, 3.63) is 52.6 Å². The number of rotatable bonds is 5. The number of ketones is 1. The van der Waals surface area contributed by atoms with Gasteiger partial charge in [-0.25, -0.2) is 0 Å². The number of nitrogens with zero attached hydrogens (tertiary/aromatic N) is 1. The molecule has 0 amide bonds. The Balaban J connectivity index is 1.65. The maximum atomic E-state index is 12.7. The minimum absolute atomic E-state index is 0.0601. The summed E-state index contributed by atoms with van der Waals surface area (Å²) in [6, 6.07) is 8.47. The van der Waals surface area contributed by atoms with Crippen LogP contribution < -0.4 is 4.90 Å². The number of hydrogen-bond acceptors (Lipinski definition) is 4. The van der Waals surface area contributed by atoms with Gasteiger partial charge in [0.2, 0.25) is 0 Å². The molecule has 4 aliphatic rings. The summed E-state index contributed by atoms with van der Waals surface area (Å²) >= 11 is 0. The average Bonchev–Trinajstić information content (AvgIpc) is 3.12. The van der Waals surface area contributed by atoms with Crippen molar-refractivity contribution in [1.29, 1.82) is 0 Å². The molecular weight excluding hydrogens is 410 g/mol. The number of hydrogen-bond donors (Lipinski definition) is 2. The van der Waals surface area contributed by atoms with E-state index in [0.717, 1.165) is 49.8 Å². The van der Waals surface area contributed by atoms with Crippen molar-refractivity contribution >= 4 is 11.5 Å². The van der Waals surface area contributed by atoms with Crippen molar-refractivity contribution in [3.63, 3.8) is 0 Å². The number of benzene rings is 1. The second-order valence-electron chi connectivity index (χ2n) is 11.4. The zero-order valence-corrected chi connectivity index (χ0v) is 20.4. The summed E-state index contributed by atoms with van der Waals surface area (Å²) in [6.07, 6.45) is 10.2. The highest BCUT2D eigenvalue weighted by Gasteiger charge is 2.60. The van der Waals surface area contributed by atoms with Gasteiger partial charge in [0.1, 0.15) is 5.60 Å². The van der Waals surface area contributed by atoms with Gasteiger partial charge in [0.05, 0.1) is 0 Å². The molecule has 5 rings (SSSR count). The average molecular weight is 450 g/mol. The van der Waals surface area contributed by atoms with Gasteiger partial charge in [0.15, 0.2) is 5.78 Å². The number of aliphatic hydroxyl groups excluding tert-OH is 1. The van der Waals surface area contributed by atoms with Crippen LogP contribution in [0.25, 0.3) is 0 Å². The van der Waals surface area contributed by atoms with E-state index < -0.39 is 5.60 Å². The van der Waals surface area contributed by atoms with Crippen molar-refractivity contribution in [1.82, 2.24) is 0 Å². The Kier molecular flexibility index (Phi) is 5.81. The van der Waals surface area contributed by atoms with Crippen LogP contribution in [0, 0.1) is 23.2 Å². The fraction of sp³-hybridized carbons (Fsp3) is 0.621. The highest BCUT2D eigenvalue weighted by molar-refractivity contribution is 5.93. The molecule has 178 valence electrons. The Morgan fingerprint density at radius 1 is 1.06 bits per heavy atom. The summed E-state index contributed by atoms with van der Waals surface area (Å²) in [6.45, 7) is 2.66.